The molecule has 2 rings (SSSR count). The van der Waals surface area contributed by atoms with E-state index in [0.29, 0.717) is 0 Å². The van der Waals surface area contributed by atoms with Crippen LogP contribution in [0.1, 0.15) is 24.2 Å². The molecule has 1 atom stereocenters. The summed E-state index contributed by atoms with van der Waals surface area (Å²) in [7, 11) is 0. The Morgan fingerprint density at radius 3 is 2.53 bits per heavy atom. The summed E-state index contributed by atoms with van der Waals surface area (Å²) in [6, 6.07) is 18.5. The SMILES string of the molecule is CC(O)c1cccc(SCc2ccccc2)c1. The first-order valence-corrected chi connectivity index (χ1v) is 6.69. The van der Waals surface area contributed by atoms with Gasteiger partial charge in [0.25, 0.3) is 0 Å². The van der Waals surface area contributed by atoms with Gasteiger partial charge in [0.15, 0.2) is 0 Å². The highest BCUT2D eigenvalue weighted by atomic mass is 32.2. The molecule has 1 N–H and O–H groups in total. The van der Waals surface area contributed by atoms with Crippen LogP contribution in [0.4, 0.5) is 0 Å². The molecular weight excluding hydrogens is 228 g/mol. The van der Waals surface area contributed by atoms with E-state index in [1.807, 2.05) is 18.2 Å². The maximum absolute atomic E-state index is 9.52. The molecule has 0 fully saturated rings. The Bertz CT molecular complexity index is 465. The van der Waals surface area contributed by atoms with E-state index >= 15 is 0 Å². The van der Waals surface area contributed by atoms with E-state index in [9.17, 15) is 5.11 Å². The van der Waals surface area contributed by atoms with Crippen LogP contribution in [0.25, 0.3) is 0 Å². The summed E-state index contributed by atoms with van der Waals surface area (Å²) in [5, 5.41) is 9.52. The highest BCUT2D eigenvalue weighted by Crippen LogP contribution is 2.25. The second-order valence-electron chi connectivity index (χ2n) is 4.02. The second kappa shape index (κ2) is 5.89. The molecule has 2 aromatic carbocycles. The monoisotopic (exact) mass is 244 g/mol. The van der Waals surface area contributed by atoms with E-state index in [1.54, 1.807) is 18.7 Å². The van der Waals surface area contributed by atoms with E-state index in [4.69, 9.17) is 0 Å². The number of thioether (sulfide) groups is 1. The van der Waals surface area contributed by atoms with E-state index in [2.05, 4.69) is 36.4 Å². The molecule has 0 spiro atoms. The lowest BCUT2D eigenvalue weighted by atomic mass is 10.1. The van der Waals surface area contributed by atoms with Gasteiger partial charge in [-0.05, 0) is 30.2 Å². The molecule has 1 nitrogen and oxygen atoms in total. The summed E-state index contributed by atoms with van der Waals surface area (Å²) in [6.07, 6.45) is -0.396. The van der Waals surface area contributed by atoms with E-state index in [-0.39, 0.29) is 0 Å². The van der Waals surface area contributed by atoms with Crippen molar-refractivity contribution in [3.8, 4) is 0 Å². The summed E-state index contributed by atoms with van der Waals surface area (Å²) >= 11 is 1.79. The maximum atomic E-state index is 9.52. The standard InChI is InChI=1S/C15H16OS/c1-12(16)14-8-5-9-15(10-14)17-11-13-6-3-2-4-7-13/h2-10,12,16H,11H2,1H3. The largest absolute Gasteiger partial charge is 0.389 e. The summed E-state index contributed by atoms with van der Waals surface area (Å²) in [5.74, 6) is 0.962. The number of rotatable bonds is 4. The zero-order valence-electron chi connectivity index (χ0n) is 9.84. The Kier molecular flexibility index (Phi) is 4.24. The van der Waals surface area contributed by atoms with Crippen molar-refractivity contribution in [1.29, 1.82) is 0 Å². The van der Waals surface area contributed by atoms with Gasteiger partial charge in [0.1, 0.15) is 0 Å². The average Bonchev–Trinajstić information content (AvgIpc) is 2.38. The van der Waals surface area contributed by atoms with Crippen molar-refractivity contribution in [1.82, 2.24) is 0 Å². The van der Waals surface area contributed by atoms with Crippen LogP contribution in [-0.4, -0.2) is 5.11 Å². The van der Waals surface area contributed by atoms with Crippen LogP contribution in [0.2, 0.25) is 0 Å². The van der Waals surface area contributed by atoms with E-state index in [1.165, 1.54) is 10.5 Å². The molecule has 0 saturated heterocycles. The van der Waals surface area contributed by atoms with Gasteiger partial charge in [0.2, 0.25) is 0 Å². The summed E-state index contributed by atoms with van der Waals surface area (Å²) < 4.78 is 0. The predicted molar refractivity (Wildman–Crippen MR) is 73.1 cm³/mol. The molecule has 17 heavy (non-hydrogen) atoms. The number of aliphatic hydroxyl groups is 1. The molecule has 0 amide bonds. The minimum atomic E-state index is -0.396. The first-order valence-electron chi connectivity index (χ1n) is 5.70. The minimum absolute atomic E-state index is 0.396. The summed E-state index contributed by atoms with van der Waals surface area (Å²) in [5.41, 5.74) is 2.29. The summed E-state index contributed by atoms with van der Waals surface area (Å²) in [6.45, 7) is 1.79. The summed E-state index contributed by atoms with van der Waals surface area (Å²) in [4.78, 5) is 1.20. The van der Waals surface area contributed by atoms with Crippen LogP contribution in [0.15, 0.2) is 59.5 Å². The van der Waals surface area contributed by atoms with Crippen LogP contribution in [0.3, 0.4) is 0 Å². The zero-order chi connectivity index (χ0) is 12.1. The van der Waals surface area contributed by atoms with E-state index < -0.39 is 6.10 Å². The Morgan fingerprint density at radius 1 is 1.06 bits per heavy atom. The van der Waals surface area contributed by atoms with Crippen LogP contribution in [-0.2, 0) is 5.75 Å². The van der Waals surface area contributed by atoms with Crippen LogP contribution >= 0.6 is 11.8 Å². The molecule has 2 heteroatoms. The van der Waals surface area contributed by atoms with Gasteiger partial charge in [0, 0.05) is 10.6 Å². The lowest BCUT2D eigenvalue weighted by molar-refractivity contribution is 0.199. The quantitative estimate of drug-likeness (QED) is 0.819. The fourth-order valence-electron chi connectivity index (χ4n) is 1.61. The number of hydrogen-bond acceptors (Lipinski definition) is 2. The highest BCUT2D eigenvalue weighted by molar-refractivity contribution is 7.98. The Labute approximate surface area is 107 Å². The maximum Gasteiger partial charge on any atom is 0.0762 e. The molecule has 0 aliphatic carbocycles. The van der Waals surface area contributed by atoms with Crippen LogP contribution in [0.5, 0.6) is 0 Å². The van der Waals surface area contributed by atoms with Gasteiger partial charge in [-0.25, -0.2) is 0 Å². The lowest BCUT2D eigenvalue weighted by Crippen LogP contribution is -1.90. The van der Waals surface area contributed by atoms with Crippen molar-refractivity contribution in [2.45, 2.75) is 23.7 Å². The number of aliphatic hydroxyl groups excluding tert-OH is 1. The van der Waals surface area contributed by atoms with Crippen molar-refractivity contribution in [2.24, 2.45) is 0 Å². The molecule has 1 unspecified atom stereocenters. The Morgan fingerprint density at radius 2 is 1.82 bits per heavy atom. The Balaban J connectivity index is 2.02. The van der Waals surface area contributed by atoms with Gasteiger partial charge in [-0.1, -0.05) is 42.5 Å². The minimum Gasteiger partial charge on any atom is -0.389 e. The third kappa shape index (κ3) is 3.62. The van der Waals surface area contributed by atoms with Gasteiger partial charge in [-0.2, -0.15) is 0 Å². The molecule has 0 aromatic heterocycles. The van der Waals surface area contributed by atoms with Crippen molar-refractivity contribution in [2.75, 3.05) is 0 Å². The van der Waals surface area contributed by atoms with Gasteiger partial charge in [0.05, 0.1) is 6.10 Å². The molecule has 0 bridgehead atoms. The van der Waals surface area contributed by atoms with Gasteiger partial charge in [-0.15, -0.1) is 11.8 Å². The molecule has 0 radical (unpaired) electrons. The third-order valence-electron chi connectivity index (χ3n) is 2.59. The highest BCUT2D eigenvalue weighted by Gasteiger charge is 2.02. The first-order chi connectivity index (χ1) is 8.25. The first kappa shape index (κ1) is 12.2. The van der Waals surface area contributed by atoms with E-state index in [0.717, 1.165) is 11.3 Å². The van der Waals surface area contributed by atoms with Crippen molar-refractivity contribution < 1.29 is 5.11 Å². The third-order valence-corrected chi connectivity index (χ3v) is 3.65. The van der Waals surface area contributed by atoms with Gasteiger partial charge >= 0.3 is 0 Å². The molecule has 0 aliphatic heterocycles. The Hall–Kier alpha value is -1.25. The molecule has 0 aliphatic rings. The fourth-order valence-corrected chi connectivity index (χ4v) is 2.53. The van der Waals surface area contributed by atoms with Crippen LogP contribution < -0.4 is 0 Å². The molecular formula is C15H16OS. The van der Waals surface area contributed by atoms with Crippen LogP contribution in [0, 0.1) is 0 Å². The molecule has 0 heterocycles. The topological polar surface area (TPSA) is 20.2 Å². The average molecular weight is 244 g/mol. The van der Waals surface area contributed by atoms with Gasteiger partial charge in [-0.3, -0.25) is 0 Å². The molecule has 0 saturated carbocycles. The lowest BCUT2D eigenvalue weighted by Gasteiger charge is -2.07. The van der Waals surface area contributed by atoms with Crippen molar-refractivity contribution >= 4 is 11.8 Å². The fraction of sp³-hybridized carbons (Fsp3) is 0.200. The van der Waals surface area contributed by atoms with Crippen molar-refractivity contribution in [3.05, 3.63) is 65.7 Å². The molecule has 2 aromatic rings. The number of hydrogen-bond donors (Lipinski definition) is 1. The molecule has 88 valence electrons. The van der Waals surface area contributed by atoms with Gasteiger partial charge < -0.3 is 5.11 Å². The smallest absolute Gasteiger partial charge is 0.0762 e. The normalized spacial score (nSPS) is 12.4. The predicted octanol–water partition coefficient (Wildman–Crippen LogP) is 4.03. The second-order valence-corrected chi connectivity index (χ2v) is 5.07. The zero-order valence-corrected chi connectivity index (χ0v) is 10.7. The number of benzene rings is 2. The van der Waals surface area contributed by atoms with Crippen molar-refractivity contribution in [3.63, 3.8) is 0 Å².